The van der Waals surface area contributed by atoms with E-state index in [1.807, 2.05) is 0 Å². The first kappa shape index (κ1) is 11.4. The first-order valence-electron chi connectivity index (χ1n) is 5.45. The number of ether oxygens (including phenoxy) is 1. The van der Waals surface area contributed by atoms with Crippen molar-refractivity contribution in [2.75, 3.05) is 7.05 Å². The van der Waals surface area contributed by atoms with Crippen molar-refractivity contribution in [1.29, 1.82) is 0 Å². The number of carbonyl (C=O) groups is 2. The largest absolute Gasteiger partial charge is 0.489 e. The Kier molecular flexibility index (Phi) is 2.99. The van der Waals surface area contributed by atoms with Crippen molar-refractivity contribution < 1.29 is 14.3 Å². The molecule has 1 aliphatic carbocycles. The van der Waals surface area contributed by atoms with Crippen LogP contribution in [0.3, 0.4) is 0 Å². The van der Waals surface area contributed by atoms with Crippen molar-refractivity contribution in [3.63, 3.8) is 0 Å². The summed E-state index contributed by atoms with van der Waals surface area (Å²) < 4.78 is 5.61. The highest BCUT2D eigenvalue weighted by atomic mass is 16.5. The summed E-state index contributed by atoms with van der Waals surface area (Å²) in [5.41, 5.74) is 5.86. The first-order chi connectivity index (χ1) is 8.13. The van der Waals surface area contributed by atoms with Gasteiger partial charge in [0, 0.05) is 7.05 Å². The van der Waals surface area contributed by atoms with E-state index in [1.54, 1.807) is 18.2 Å². The van der Waals surface area contributed by atoms with Crippen LogP contribution in [-0.4, -0.2) is 25.0 Å². The SMILES string of the molecule is CNC(=O)c1cccc(C(N)=O)c1OC1CC1. The van der Waals surface area contributed by atoms with Crippen LogP contribution >= 0.6 is 0 Å². The van der Waals surface area contributed by atoms with Crippen LogP contribution in [0.25, 0.3) is 0 Å². The Hall–Kier alpha value is -2.04. The van der Waals surface area contributed by atoms with E-state index in [0.717, 1.165) is 12.8 Å². The Morgan fingerprint density at radius 1 is 1.35 bits per heavy atom. The minimum absolute atomic E-state index is 0.0962. The normalized spacial score (nSPS) is 14.2. The van der Waals surface area contributed by atoms with Gasteiger partial charge < -0.3 is 15.8 Å². The number of hydrogen-bond acceptors (Lipinski definition) is 3. The van der Waals surface area contributed by atoms with Crippen molar-refractivity contribution in [2.45, 2.75) is 18.9 Å². The van der Waals surface area contributed by atoms with E-state index >= 15 is 0 Å². The molecule has 0 aliphatic heterocycles. The molecule has 1 aromatic carbocycles. The molecule has 2 rings (SSSR count). The average molecular weight is 234 g/mol. The topological polar surface area (TPSA) is 81.4 Å². The third kappa shape index (κ3) is 2.38. The van der Waals surface area contributed by atoms with Gasteiger partial charge in [0.15, 0.2) is 0 Å². The minimum atomic E-state index is -0.591. The molecule has 0 unspecified atom stereocenters. The molecule has 17 heavy (non-hydrogen) atoms. The fourth-order valence-corrected chi connectivity index (χ4v) is 1.52. The van der Waals surface area contributed by atoms with Gasteiger partial charge in [-0.25, -0.2) is 0 Å². The van der Waals surface area contributed by atoms with Crippen LogP contribution in [0.5, 0.6) is 5.75 Å². The van der Waals surface area contributed by atoms with Crippen molar-refractivity contribution in [1.82, 2.24) is 5.32 Å². The predicted octanol–water partition coefficient (Wildman–Crippen LogP) is 0.686. The van der Waals surface area contributed by atoms with E-state index in [9.17, 15) is 9.59 Å². The molecular formula is C12H14N2O3. The predicted molar refractivity (Wildman–Crippen MR) is 62.0 cm³/mol. The molecule has 1 saturated carbocycles. The maximum absolute atomic E-state index is 11.7. The summed E-state index contributed by atoms with van der Waals surface area (Å²) >= 11 is 0. The molecule has 0 saturated heterocycles. The minimum Gasteiger partial charge on any atom is -0.489 e. The Bertz CT molecular complexity index is 467. The van der Waals surface area contributed by atoms with Crippen LogP contribution in [0.2, 0.25) is 0 Å². The van der Waals surface area contributed by atoms with Gasteiger partial charge in [-0.1, -0.05) is 6.07 Å². The Morgan fingerprint density at radius 3 is 2.53 bits per heavy atom. The Morgan fingerprint density at radius 2 is 2.00 bits per heavy atom. The smallest absolute Gasteiger partial charge is 0.254 e. The maximum Gasteiger partial charge on any atom is 0.254 e. The highest BCUT2D eigenvalue weighted by Crippen LogP contribution is 2.31. The summed E-state index contributed by atoms with van der Waals surface area (Å²) in [4.78, 5) is 23.0. The lowest BCUT2D eigenvalue weighted by molar-refractivity contribution is 0.0958. The number of amides is 2. The summed E-state index contributed by atoms with van der Waals surface area (Å²) in [5.74, 6) is -0.586. The molecule has 90 valence electrons. The second-order valence-corrected chi connectivity index (χ2v) is 3.94. The number of para-hydroxylation sites is 1. The van der Waals surface area contributed by atoms with Gasteiger partial charge in [0.1, 0.15) is 5.75 Å². The Labute approximate surface area is 98.9 Å². The van der Waals surface area contributed by atoms with Crippen molar-refractivity contribution in [3.8, 4) is 5.75 Å². The standard InChI is InChI=1S/C12H14N2O3/c1-14-12(16)9-4-2-3-8(11(13)15)10(9)17-7-5-6-7/h2-4,7H,5-6H2,1H3,(H2,13,15)(H,14,16). The van der Waals surface area contributed by atoms with Gasteiger partial charge in [-0.3, -0.25) is 9.59 Å². The van der Waals surface area contributed by atoms with E-state index in [4.69, 9.17) is 10.5 Å². The molecule has 0 heterocycles. The second-order valence-electron chi connectivity index (χ2n) is 3.94. The summed E-state index contributed by atoms with van der Waals surface area (Å²) in [6.07, 6.45) is 1.99. The highest BCUT2D eigenvalue weighted by Gasteiger charge is 2.28. The molecule has 0 bridgehead atoms. The molecule has 0 aromatic heterocycles. The quantitative estimate of drug-likeness (QED) is 0.804. The maximum atomic E-state index is 11.7. The molecule has 2 amide bonds. The first-order valence-corrected chi connectivity index (χ1v) is 5.45. The van der Waals surface area contributed by atoms with Gasteiger partial charge in [0.05, 0.1) is 17.2 Å². The average Bonchev–Trinajstić information content (AvgIpc) is 3.12. The lowest BCUT2D eigenvalue weighted by Gasteiger charge is -2.12. The van der Waals surface area contributed by atoms with E-state index in [0.29, 0.717) is 11.3 Å². The van der Waals surface area contributed by atoms with E-state index in [2.05, 4.69) is 5.32 Å². The van der Waals surface area contributed by atoms with Gasteiger partial charge in [0.25, 0.3) is 11.8 Å². The van der Waals surface area contributed by atoms with Crippen LogP contribution in [0.4, 0.5) is 0 Å². The van der Waals surface area contributed by atoms with Gasteiger partial charge >= 0.3 is 0 Å². The number of benzene rings is 1. The number of carbonyl (C=O) groups excluding carboxylic acids is 2. The highest BCUT2D eigenvalue weighted by molar-refractivity contribution is 6.03. The molecule has 5 heteroatoms. The molecule has 0 radical (unpaired) electrons. The van der Waals surface area contributed by atoms with Gasteiger partial charge in [0.2, 0.25) is 0 Å². The molecule has 1 fully saturated rings. The monoisotopic (exact) mass is 234 g/mol. The third-order valence-corrected chi connectivity index (χ3v) is 2.56. The third-order valence-electron chi connectivity index (χ3n) is 2.56. The summed E-state index contributed by atoms with van der Waals surface area (Å²) in [5, 5.41) is 2.51. The van der Waals surface area contributed by atoms with E-state index in [-0.39, 0.29) is 17.6 Å². The van der Waals surface area contributed by atoms with Crippen molar-refractivity contribution in [2.24, 2.45) is 5.73 Å². The van der Waals surface area contributed by atoms with Gasteiger partial charge in [-0.05, 0) is 25.0 Å². The molecule has 1 aromatic rings. The summed E-state index contributed by atoms with van der Waals surface area (Å²) in [7, 11) is 1.53. The zero-order valence-corrected chi connectivity index (χ0v) is 9.53. The molecule has 0 atom stereocenters. The molecular weight excluding hydrogens is 220 g/mol. The number of rotatable bonds is 4. The fraction of sp³-hybridized carbons (Fsp3) is 0.333. The van der Waals surface area contributed by atoms with Crippen LogP contribution < -0.4 is 15.8 Å². The lowest BCUT2D eigenvalue weighted by Crippen LogP contribution is -2.22. The molecule has 5 nitrogen and oxygen atoms in total. The van der Waals surface area contributed by atoms with E-state index in [1.165, 1.54) is 7.05 Å². The number of nitrogens with two attached hydrogens (primary N) is 1. The summed E-state index contributed by atoms with van der Waals surface area (Å²) in [6, 6.07) is 4.79. The zero-order valence-electron chi connectivity index (χ0n) is 9.53. The van der Waals surface area contributed by atoms with E-state index < -0.39 is 5.91 Å². The molecule has 3 N–H and O–H groups in total. The second kappa shape index (κ2) is 4.45. The van der Waals surface area contributed by atoms with Crippen molar-refractivity contribution in [3.05, 3.63) is 29.3 Å². The number of hydrogen-bond donors (Lipinski definition) is 2. The molecule has 0 spiro atoms. The van der Waals surface area contributed by atoms with Crippen LogP contribution in [0, 0.1) is 0 Å². The zero-order chi connectivity index (χ0) is 12.4. The van der Waals surface area contributed by atoms with Gasteiger partial charge in [-0.15, -0.1) is 0 Å². The summed E-state index contributed by atoms with van der Waals surface area (Å²) in [6.45, 7) is 0. The van der Waals surface area contributed by atoms with Crippen LogP contribution in [0.1, 0.15) is 33.6 Å². The fourth-order valence-electron chi connectivity index (χ4n) is 1.52. The number of nitrogens with one attached hydrogen (secondary N) is 1. The lowest BCUT2D eigenvalue weighted by atomic mass is 10.1. The van der Waals surface area contributed by atoms with Gasteiger partial charge in [-0.2, -0.15) is 0 Å². The molecule has 1 aliphatic rings. The van der Waals surface area contributed by atoms with Crippen LogP contribution in [-0.2, 0) is 0 Å². The van der Waals surface area contributed by atoms with Crippen molar-refractivity contribution >= 4 is 11.8 Å². The number of primary amides is 1. The van der Waals surface area contributed by atoms with Crippen LogP contribution in [0.15, 0.2) is 18.2 Å². The Balaban J connectivity index is 2.45.